The Bertz CT molecular complexity index is 238. The molecule has 1 aliphatic heterocycles. The van der Waals surface area contributed by atoms with Crippen molar-refractivity contribution in [1.29, 1.82) is 0 Å². The van der Waals surface area contributed by atoms with Crippen molar-refractivity contribution >= 4 is 0 Å². The van der Waals surface area contributed by atoms with Gasteiger partial charge < -0.3 is 20.6 Å². The van der Waals surface area contributed by atoms with Gasteiger partial charge in [-0.15, -0.1) is 0 Å². The van der Waals surface area contributed by atoms with Crippen LogP contribution in [0.2, 0.25) is 0 Å². The summed E-state index contributed by atoms with van der Waals surface area (Å²) in [5.74, 6) is 0.438. The normalized spacial score (nSPS) is 21.3. The number of rotatable bonds is 5. The lowest BCUT2D eigenvalue weighted by Gasteiger charge is -2.46. The molecule has 5 heteroatoms. The molecule has 0 saturated carbocycles. The van der Waals surface area contributed by atoms with Gasteiger partial charge in [-0.3, -0.25) is 0 Å². The summed E-state index contributed by atoms with van der Waals surface area (Å²) in [5, 5.41) is 33.8. The van der Waals surface area contributed by atoms with Gasteiger partial charge in [0.05, 0.1) is 0 Å². The number of nitrogens with zero attached hydrogens (tertiary/aromatic N) is 1. The molecule has 1 heterocycles. The van der Waals surface area contributed by atoms with Crippen LogP contribution in [0.3, 0.4) is 0 Å². The Morgan fingerprint density at radius 3 is 1.94 bits per heavy atom. The maximum absolute atomic E-state index is 10.3. The van der Waals surface area contributed by atoms with E-state index in [-0.39, 0.29) is 0 Å². The maximum Gasteiger partial charge on any atom is 0.117 e. The molecule has 108 valence electrons. The number of piperidine rings is 1. The predicted octanol–water partition coefficient (Wildman–Crippen LogP) is 0.453. The first-order chi connectivity index (χ1) is 8.12. The molecule has 0 amide bonds. The molecule has 0 aliphatic carbocycles. The third-order valence-corrected chi connectivity index (χ3v) is 3.48. The molecule has 4 N–H and O–H groups in total. The summed E-state index contributed by atoms with van der Waals surface area (Å²) in [6, 6.07) is 0. The Hall–Kier alpha value is -0.200. The van der Waals surface area contributed by atoms with E-state index in [9.17, 15) is 15.3 Å². The Morgan fingerprint density at radius 2 is 1.56 bits per heavy atom. The van der Waals surface area contributed by atoms with Crippen LogP contribution < -0.4 is 5.32 Å². The van der Waals surface area contributed by atoms with E-state index >= 15 is 0 Å². The summed E-state index contributed by atoms with van der Waals surface area (Å²) in [5.41, 5.74) is -2.52. The van der Waals surface area contributed by atoms with E-state index in [4.69, 9.17) is 0 Å². The minimum Gasteiger partial charge on any atom is -0.378 e. The van der Waals surface area contributed by atoms with Crippen molar-refractivity contribution in [2.45, 2.75) is 64.6 Å². The highest BCUT2D eigenvalue weighted by molar-refractivity contribution is 4.82. The smallest absolute Gasteiger partial charge is 0.117 e. The maximum atomic E-state index is 10.3. The van der Waals surface area contributed by atoms with Crippen LogP contribution in [0.15, 0.2) is 0 Å². The molecule has 5 nitrogen and oxygen atoms in total. The predicted molar refractivity (Wildman–Crippen MR) is 70.7 cm³/mol. The molecule has 0 aromatic carbocycles. The van der Waals surface area contributed by atoms with E-state index in [1.54, 1.807) is 27.7 Å². The number of hydrogen-bond acceptors (Lipinski definition) is 5. The summed E-state index contributed by atoms with van der Waals surface area (Å²) < 4.78 is 0. The molecule has 18 heavy (non-hydrogen) atoms. The quantitative estimate of drug-likeness (QED) is 0.540. The van der Waals surface area contributed by atoms with Crippen molar-refractivity contribution < 1.29 is 15.3 Å². The van der Waals surface area contributed by atoms with Crippen molar-refractivity contribution in [3.05, 3.63) is 0 Å². The molecule has 0 aromatic rings. The van der Waals surface area contributed by atoms with Gasteiger partial charge in [0, 0.05) is 0 Å². The summed E-state index contributed by atoms with van der Waals surface area (Å²) in [6.07, 6.45) is 1.80. The van der Waals surface area contributed by atoms with Gasteiger partial charge in [-0.2, -0.15) is 0 Å². The summed E-state index contributed by atoms with van der Waals surface area (Å²) in [7, 11) is 0. The van der Waals surface area contributed by atoms with Crippen molar-refractivity contribution in [2.75, 3.05) is 13.1 Å². The minimum absolute atomic E-state index is 0.438. The second-order valence-electron chi connectivity index (χ2n) is 6.27. The van der Waals surface area contributed by atoms with Crippen molar-refractivity contribution in [2.24, 2.45) is 5.92 Å². The van der Waals surface area contributed by atoms with Crippen LogP contribution in [-0.2, 0) is 0 Å². The third-order valence-electron chi connectivity index (χ3n) is 3.48. The summed E-state index contributed by atoms with van der Waals surface area (Å²) >= 11 is 0. The first-order valence-corrected chi connectivity index (χ1v) is 6.75. The molecule has 1 fully saturated rings. The lowest BCUT2D eigenvalue weighted by molar-refractivity contribution is -0.259. The SMILES string of the molecule is CC(C)(O)N(C(O)CC1CCNCC1)C(C)(C)O. The molecular formula is C13H28N2O3. The summed E-state index contributed by atoms with van der Waals surface area (Å²) in [6.45, 7) is 8.27. The van der Waals surface area contributed by atoms with Crippen LogP contribution >= 0.6 is 0 Å². The molecule has 0 bridgehead atoms. The van der Waals surface area contributed by atoms with E-state index in [0.29, 0.717) is 12.3 Å². The Morgan fingerprint density at radius 1 is 1.11 bits per heavy atom. The van der Waals surface area contributed by atoms with Gasteiger partial charge in [0.25, 0.3) is 0 Å². The Balaban J connectivity index is 2.67. The average molecular weight is 260 g/mol. The topological polar surface area (TPSA) is 76.0 Å². The Labute approximate surface area is 110 Å². The van der Waals surface area contributed by atoms with Crippen LogP contribution in [0.4, 0.5) is 0 Å². The number of nitrogens with one attached hydrogen (secondary N) is 1. The molecular weight excluding hydrogens is 232 g/mol. The fourth-order valence-corrected chi connectivity index (χ4v) is 2.92. The van der Waals surface area contributed by atoms with Gasteiger partial charge in [-0.25, -0.2) is 4.90 Å². The largest absolute Gasteiger partial charge is 0.378 e. The fraction of sp³-hybridized carbons (Fsp3) is 1.00. The van der Waals surface area contributed by atoms with Crippen LogP contribution in [0, 0.1) is 5.92 Å². The van der Waals surface area contributed by atoms with Gasteiger partial charge >= 0.3 is 0 Å². The lowest BCUT2D eigenvalue weighted by Crippen LogP contribution is -2.60. The average Bonchev–Trinajstić information content (AvgIpc) is 2.13. The van der Waals surface area contributed by atoms with Crippen LogP contribution in [0.5, 0.6) is 0 Å². The van der Waals surface area contributed by atoms with Crippen LogP contribution in [0.25, 0.3) is 0 Å². The zero-order valence-electron chi connectivity index (χ0n) is 12.0. The fourth-order valence-electron chi connectivity index (χ4n) is 2.92. The van der Waals surface area contributed by atoms with E-state index in [1.165, 1.54) is 4.90 Å². The molecule has 1 rings (SSSR count). The lowest BCUT2D eigenvalue weighted by atomic mass is 9.92. The van der Waals surface area contributed by atoms with Gasteiger partial charge in [0.2, 0.25) is 0 Å². The monoisotopic (exact) mass is 260 g/mol. The second kappa shape index (κ2) is 5.84. The number of aliphatic hydroxyl groups is 3. The number of hydrogen-bond donors (Lipinski definition) is 4. The highest BCUT2D eigenvalue weighted by Gasteiger charge is 2.40. The van der Waals surface area contributed by atoms with Crippen molar-refractivity contribution in [1.82, 2.24) is 10.2 Å². The molecule has 1 aliphatic rings. The Kier molecular flexibility index (Phi) is 5.14. The van der Waals surface area contributed by atoms with Crippen LogP contribution in [-0.4, -0.2) is 51.0 Å². The standard InChI is InChI=1S/C13H28N2O3/c1-12(2,17)15(13(3,4)18)11(16)9-10-5-7-14-8-6-10/h10-11,14,16-18H,5-9H2,1-4H3. The zero-order chi connectivity index (χ0) is 14.0. The number of aliphatic hydroxyl groups excluding tert-OH is 1. The minimum atomic E-state index is -1.26. The van der Waals surface area contributed by atoms with Gasteiger partial charge in [-0.05, 0) is 66.0 Å². The molecule has 1 atom stereocenters. The van der Waals surface area contributed by atoms with Gasteiger partial charge in [0.1, 0.15) is 17.7 Å². The van der Waals surface area contributed by atoms with E-state index in [0.717, 1.165) is 25.9 Å². The molecule has 1 unspecified atom stereocenters. The van der Waals surface area contributed by atoms with Crippen LogP contribution in [0.1, 0.15) is 47.0 Å². The van der Waals surface area contributed by atoms with E-state index in [1.807, 2.05) is 0 Å². The van der Waals surface area contributed by atoms with E-state index < -0.39 is 17.7 Å². The molecule has 0 aromatic heterocycles. The first kappa shape index (κ1) is 15.9. The van der Waals surface area contributed by atoms with Gasteiger partial charge in [0.15, 0.2) is 0 Å². The van der Waals surface area contributed by atoms with E-state index in [2.05, 4.69) is 5.32 Å². The molecule has 0 radical (unpaired) electrons. The third kappa shape index (κ3) is 4.48. The van der Waals surface area contributed by atoms with Crippen molar-refractivity contribution in [3.8, 4) is 0 Å². The highest BCUT2D eigenvalue weighted by atomic mass is 16.4. The first-order valence-electron chi connectivity index (χ1n) is 6.75. The van der Waals surface area contributed by atoms with Crippen molar-refractivity contribution in [3.63, 3.8) is 0 Å². The summed E-state index contributed by atoms with van der Waals surface area (Å²) in [4.78, 5) is 1.36. The molecule has 1 saturated heterocycles. The van der Waals surface area contributed by atoms with Gasteiger partial charge in [-0.1, -0.05) is 0 Å². The second-order valence-corrected chi connectivity index (χ2v) is 6.27. The molecule has 0 spiro atoms. The zero-order valence-corrected chi connectivity index (χ0v) is 12.0. The highest BCUT2D eigenvalue weighted by Crippen LogP contribution is 2.28.